The predicted octanol–water partition coefficient (Wildman–Crippen LogP) is 4.50. The Hall–Kier alpha value is -0.910. The SMILES string of the molecule is CC1(O)CCN(CC2CCCCC2)C(c2cccs2)C1NC(=O)C1CCCC1. The minimum atomic E-state index is -0.869. The summed E-state index contributed by atoms with van der Waals surface area (Å²) in [5, 5.41) is 16.7. The van der Waals surface area contributed by atoms with Gasteiger partial charge in [-0.3, -0.25) is 9.69 Å². The molecule has 2 heterocycles. The highest BCUT2D eigenvalue weighted by atomic mass is 32.1. The summed E-state index contributed by atoms with van der Waals surface area (Å²) in [5.74, 6) is 1.04. The maximum absolute atomic E-state index is 13.0. The summed E-state index contributed by atoms with van der Waals surface area (Å²) in [7, 11) is 0. The van der Waals surface area contributed by atoms with Crippen molar-refractivity contribution in [1.29, 1.82) is 0 Å². The van der Waals surface area contributed by atoms with Gasteiger partial charge >= 0.3 is 0 Å². The highest BCUT2D eigenvalue weighted by molar-refractivity contribution is 7.10. The molecule has 0 spiro atoms. The molecule has 0 aromatic carbocycles. The zero-order valence-corrected chi connectivity index (χ0v) is 18.1. The molecule has 5 heteroatoms. The number of rotatable bonds is 5. The first kappa shape index (κ1) is 20.4. The number of nitrogens with one attached hydrogen (secondary N) is 1. The van der Waals surface area contributed by atoms with Gasteiger partial charge in [-0.2, -0.15) is 0 Å². The largest absolute Gasteiger partial charge is 0.388 e. The second-order valence-corrected chi connectivity index (χ2v) is 10.5. The maximum atomic E-state index is 13.0. The fraction of sp³-hybridized carbons (Fsp3) is 0.783. The Morgan fingerprint density at radius 2 is 1.93 bits per heavy atom. The van der Waals surface area contributed by atoms with Gasteiger partial charge in [-0.15, -0.1) is 11.3 Å². The van der Waals surface area contributed by atoms with Crippen LogP contribution < -0.4 is 5.32 Å². The molecule has 4 rings (SSSR count). The molecule has 0 radical (unpaired) electrons. The van der Waals surface area contributed by atoms with Crippen molar-refractivity contribution in [1.82, 2.24) is 10.2 Å². The molecule has 3 atom stereocenters. The standard InChI is InChI=1S/C23H36N2O2S/c1-23(27)13-14-25(16-17-8-3-2-4-9-17)20(19-12-7-15-28-19)21(23)24-22(26)18-10-5-6-11-18/h7,12,15,17-18,20-21,27H,2-6,8-11,13-14,16H2,1H3,(H,24,26). The van der Waals surface area contributed by atoms with Gasteiger partial charge in [0.2, 0.25) is 5.91 Å². The summed E-state index contributed by atoms with van der Waals surface area (Å²) < 4.78 is 0. The number of likely N-dealkylation sites (tertiary alicyclic amines) is 1. The summed E-state index contributed by atoms with van der Waals surface area (Å²) >= 11 is 1.75. The normalized spacial score (nSPS) is 33.2. The van der Waals surface area contributed by atoms with Crippen LogP contribution in [-0.2, 0) is 4.79 Å². The van der Waals surface area contributed by atoms with Gasteiger partial charge in [-0.1, -0.05) is 38.2 Å². The number of thiophene rings is 1. The van der Waals surface area contributed by atoms with Crippen molar-refractivity contribution in [2.24, 2.45) is 11.8 Å². The number of aliphatic hydroxyl groups is 1. The molecule has 3 aliphatic rings. The maximum Gasteiger partial charge on any atom is 0.223 e. The summed E-state index contributed by atoms with van der Waals surface area (Å²) in [6.07, 6.45) is 11.7. The predicted molar refractivity (Wildman–Crippen MR) is 114 cm³/mol. The second-order valence-electron chi connectivity index (χ2n) is 9.53. The van der Waals surface area contributed by atoms with Crippen LogP contribution in [0.15, 0.2) is 17.5 Å². The first-order valence-corrected chi connectivity index (χ1v) is 12.2. The van der Waals surface area contributed by atoms with E-state index in [1.54, 1.807) is 11.3 Å². The van der Waals surface area contributed by atoms with Crippen molar-refractivity contribution in [3.63, 3.8) is 0 Å². The Kier molecular flexibility index (Phi) is 6.43. The van der Waals surface area contributed by atoms with Crippen LogP contribution in [-0.4, -0.2) is 40.6 Å². The number of hydrogen-bond acceptors (Lipinski definition) is 4. The van der Waals surface area contributed by atoms with Gasteiger partial charge in [0, 0.05) is 23.9 Å². The molecule has 1 aliphatic heterocycles. The molecule has 28 heavy (non-hydrogen) atoms. The van der Waals surface area contributed by atoms with E-state index in [1.165, 1.54) is 37.0 Å². The lowest BCUT2D eigenvalue weighted by Gasteiger charge is -2.50. The van der Waals surface area contributed by atoms with Crippen molar-refractivity contribution in [2.45, 2.75) is 88.8 Å². The van der Waals surface area contributed by atoms with Gasteiger partial charge in [0.05, 0.1) is 17.7 Å². The fourth-order valence-electron chi connectivity index (χ4n) is 5.62. The summed E-state index contributed by atoms with van der Waals surface area (Å²) in [4.78, 5) is 16.8. The van der Waals surface area contributed by atoms with Crippen molar-refractivity contribution in [3.8, 4) is 0 Å². The summed E-state index contributed by atoms with van der Waals surface area (Å²) in [6, 6.07) is 4.12. The van der Waals surface area contributed by atoms with Gasteiger partial charge < -0.3 is 10.4 Å². The molecule has 1 saturated heterocycles. The fourth-order valence-corrected chi connectivity index (χ4v) is 6.51. The average Bonchev–Trinajstić information content (AvgIpc) is 3.39. The van der Waals surface area contributed by atoms with Crippen LogP contribution in [0.3, 0.4) is 0 Å². The molecule has 1 amide bonds. The van der Waals surface area contributed by atoms with Crippen LogP contribution in [0.25, 0.3) is 0 Å². The molecule has 1 aromatic rings. The Morgan fingerprint density at radius 1 is 1.21 bits per heavy atom. The van der Waals surface area contributed by atoms with Crippen molar-refractivity contribution < 1.29 is 9.90 Å². The molecule has 2 saturated carbocycles. The van der Waals surface area contributed by atoms with E-state index in [2.05, 4.69) is 27.7 Å². The van der Waals surface area contributed by atoms with E-state index < -0.39 is 5.60 Å². The van der Waals surface area contributed by atoms with Crippen molar-refractivity contribution in [3.05, 3.63) is 22.4 Å². The van der Waals surface area contributed by atoms with Gasteiger partial charge in [0.25, 0.3) is 0 Å². The van der Waals surface area contributed by atoms with Crippen LogP contribution in [0.2, 0.25) is 0 Å². The van der Waals surface area contributed by atoms with E-state index in [1.807, 2.05) is 6.92 Å². The molecular weight excluding hydrogens is 368 g/mol. The third-order valence-corrected chi connectivity index (χ3v) is 8.30. The van der Waals surface area contributed by atoms with E-state index in [4.69, 9.17) is 0 Å². The van der Waals surface area contributed by atoms with Crippen molar-refractivity contribution in [2.75, 3.05) is 13.1 Å². The molecule has 4 nitrogen and oxygen atoms in total. The Balaban J connectivity index is 1.56. The van der Waals surface area contributed by atoms with Gasteiger partial charge in [0.1, 0.15) is 0 Å². The van der Waals surface area contributed by atoms with Crippen LogP contribution in [0.4, 0.5) is 0 Å². The average molecular weight is 405 g/mol. The highest BCUT2D eigenvalue weighted by Gasteiger charge is 2.47. The van der Waals surface area contributed by atoms with Crippen molar-refractivity contribution >= 4 is 17.2 Å². The third-order valence-electron chi connectivity index (χ3n) is 7.36. The lowest BCUT2D eigenvalue weighted by molar-refractivity contribution is -0.132. The highest BCUT2D eigenvalue weighted by Crippen LogP contribution is 2.40. The van der Waals surface area contributed by atoms with E-state index in [0.717, 1.165) is 51.1 Å². The molecule has 0 bridgehead atoms. The van der Waals surface area contributed by atoms with Gasteiger partial charge in [-0.05, 0) is 56.4 Å². The number of carbonyl (C=O) groups excluding carboxylic acids is 1. The van der Waals surface area contributed by atoms with Crippen LogP contribution in [0, 0.1) is 11.8 Å². The number of piperidine rings is 1. The molecule has 156 valence electrons. The first-order chi connectivity index (χ1) is 13.5. The minimum absolute atomic E-state index is 0.0797. The lowest BCUT2D eigenvalue weighted by atomic mass is 9.80. The number of nitrogens with zero attached hydrogens (tertiary/aromatic N) is 1. The third kappa shape index (κ3) is 4.47. The number of carbonyl (C=O) groups is 1. The number of hydrogen-bond donors (Lipinski definition) is 2. The van der Waals surface area contributed by atoms with Crippen LogP contribution in [0.5, 0.6) is 0 Å². The number of amides is 1. The Morgan fingerprint density at radius 3 is 2.61 bits per heavy atom. The Bertz CT molecular complexity index is 633. The quantitative estimate of drug-likeness (QED) is 0.760. The van der Waals surface area contributed by atoms with E-state index in [-0.39, 0.29) is 23.9 Å². The zero-order chi connectivity index (χ0) is 19.6. The van der Waals surface area contributed by atoms with E-state index in [0.29, 0.717) is 0 Å². The monoisotopic (exact) mass is 404 g/mol. The van der Waals surface area contributed by atoms with Crippen LogP contribution in [0.1, 0.15) is 82.1 Å². The summed E-state index contributed by atoms with van der Waals surface area (Å²) in [5.41, 5.74) is -0.869. The Labute approximate surface area is 173 Å². The lowest BCUT2D eigenvalue weighted by Crippen LogP contribution is -2.63. The smallest absolute Gasteiger partial charge is 0.223 e. The second kappa shape index (κ2) is 8.85. The molecule has 2 aliphatic carbocycles. The zero-order valence-electron chi connectivity index (χ0n) is 17.2. The summed E-state index contributed by atoms with van der Waals surface area (Å²) in [6.45, 7) is 3.92. The van der Waals surface area contributed by atoms with E-state index in [9.17, 15) is 9.90 Å². The molecule has 2 N–H and O–H groups in total. The van der Waals surface area contributed by atoms with Crippen LogP contribution >= 0.6 is 11.3 Å². The molecule has 1 aromatic heterocycles. The minimum Gasteiger partial charge on any atom is -0.388 e. The molecule has 3 fully saturated rings. The van der Waals surface area contributed by atoms with Gasteiger partial charge in [-0.25, -0.2) is 0 Å². The van der Waals surface area contributed by atoms with Gasteiger partial charge in [0.15, 0.2) is 0 Å². The topological polar surface area (TPSA) is 52.6 Å². The first-order valence-electron chi connectivity index (χ1n) is 11.3. The molecule has 3 unspecified atom stereocenters. The van der Waals surface area contributed by atoms with E-state index >= 15 is 0 Å². The molecular formula is C23H36N2O2S.